The summed E-state index contributed by atoms with van der Waals surface area (Å²) in [6.07, 6.45) is 5.09. The second-order valence-electron chi connectivity index (χ2n) is 7.85. The first kappa shape index (κ1) is 22.3. The van der Waals surface area contributed by atoms with Crippen LogP contribution in [0.3, 0.4) is 0 Å². The van der Waals surface area contributed by atoms with Gasteiger partial charge in [-0.1, -0.05) is 49.6 Å². The largest absolute Gasteiger partial charge is 0.345 e. The van der Waals surface area contributed by atoms with Crippen LogP contribution in [-0.4, -0.2) is 26.8 Å². The molecule has 0 bridgehead atoms. The summed E-state index contributed by atoms with van der Waals surface area (Å²) in [6.45, 7) is 6.12. The van der Waals surface area contributed by atoms with Crippen molar-refractivity contribution in [2.24, 2.45) is 0 Å². The molecule has 1 heterocycles. The summed E-state index contributed by atoms with van der Waals surface area (Å²) in [5, 5.41) is 10.9. The number of benzene rings is 2. The Hall–Kier alpha value is -3.41. The molecule has 0 radical (unpaired) electrons. The third-order valence-electron chi connectivity index (χ3n) is 5.36. The zero-order valence-electron chi connectivity index (χ0n) is 18.2. The molecule has 2 aromatic carbocycles. The van der Waals surface area contributed by atoms with Gasteiger partial charge in [0, 0.05) is 42.7 Å². The number of aromatic nitrogens is 1. The van der Waals surface area contributed by atoms with E-state index in [-0.39, 0.29) is 11.6 Å². The van der Waals surface area contributed by atoms with E-state index in [0.717, 1.165) is 31.5 Å². The van der Waals surface area contributed by atoms with Crippen LogP contribution in [0.1, 0.15) is 53.4 Å². The maximum absolute atomic E-state index is 13.2. The van der Waals surface area contributed by atoms with Crippen molar-refractivity contribution >= 4 is 11.6 Å². The van der Waals surface area contributed by atoms with Crippen molar-refractivity contribution in [2.75, 3.05) is 6.54 Å². The van der Waals surface area contributed by atoms with E-state index in [4.69, 9.17) is 0 Å². The van der Waals surface area contributed by atoms with Crippen LogP contribution in [0.25, 0.3) is 0 Å². The Labute approximate surface area is 183 Å². The SMILES string of the molecule is CCCCCN(Cc1cccn1Cc1cccc(C)c1)C(=O)c1ccc([N+](=O)[O-])cc1. The number of unbranched alkanes of at least 4 members (excludes halogenated alkanes) is 2. The van der Waals surface area contributed by atoms with Crippen LogP contribution in [0, 0.1) is 17.0 Å². The Morgan fingerprint density at radius 2 is 1.84 bits per heavy atom. The number of hydrogen-bond acceptors (Lipinski definition) is 3. The fourth-order valence-corrected chi connectivity index (χ4v) is 3.66. The second-order valence-corrected chi connectivity index (χ2v) is 7.85. The summed E-state index contributed by atoms with van der Waals surface area (Å²) in [5.41, 5.74) is 3.96. The molecule has 1 amide bonds. The molecular weight excluding hydrogens is 390 g/mol. The topological polar surface area (TPSA) is 68.4 Å². The summed E-state index contributed by atoms with van der Waals surface area (Å²) >= 11 is 0. The molecule has 0 unspecified atom stereocenters. The van der Waals surface area contributed by atoms with Crippen LogP contribution in [-0.2, 0) is 13.1 Å². The first-order valence-corrected chi connectivity index (χ1v) is 10.7. The van der Waals surface area contributed by atoms with Crippen LogP contribution in [0.15, 0.2) is 66.9 Å². The Bertz CT molecular complexity index is 1020. The fourth-order valence-electron chi connectivity index (χ4n) is 3.66. The van der Waals surface area contributed by atoms with Gasteiger partial charge in [0.1, 0.15) is 0 Å². The maximum Gasteiger partial charge on any atom is 0.269 e. The van der Waals surface area contributed by atoms with Crippen molar-refractivity contribution in [1.82, 2.24) is 9.47 Å². The van der Waals surface area contributed by atoms with Crippen molar-refractivity contribution in [3.63, 3.8) is 0 Å². The van der Waals surface area contributed by atoms with Gasteiger partial charge < -0.3 is 9.47 Å². The number of carbonyl (C=O) groups is 1. The number of amides is 1. The van der Waals surface area contributed by atoms with Gasteiger partial charge in [0.05, 0.1) is 11.5 Å². The van der Waals surface area contributed by atoms with Crippen LogP contribution in [0.5, 0.6) is 0 Å². The van der Waals surface area contributed by atoms with E-state index >= 15 is 0 Å². The number of aryl methyl sites for hydroxylation is 1. The number of rotatable bonds is 10. The molecule has 0 saturated carbocycles. The molecule has 0 atom stereocenters. The highest BCUT2D eigenvalue weighted by molar-refractivity contribution is 5.94. The van der Waals surface area contributed by atoms with Crippen molar-refractivity contribution < 1.29 is 9.72 Å². The van der Waals surface area contributed by atoms with Gasteiger partial charge in [-0.2, -0.15) is 0 Å². The minimum absolute atomic E-state index is 0.0129. The quantitative estimate of drug-likeness (QED) is 0.244. The van der Waals surface area contributed by atoms with E-state index in [0.29, 0.717) is 18.7 Å². The van der Waals surface area contributed by atoms with Gasteiger partial charge in [0.15, 0.2) is 0 Å². The van der Waals surface area contributed by atoms with Crippen molar-refractivity contribution in [3.05, 3.63) is 99.4 Å². The van der Waals surface area contributed by atoms with Gasteiger partial charge in [-0.25, -0.2) is 0 Å². The molecule has 162 valence electrons. The lowest BCUT2D eigenvalue weighted by Crippen LogP contribution is -2.32. The third kappa shape index (κ3) is 6.04. The molecule has 6 heteroatoms. The first-order valence-electron chi connectivity index (χ1n) is 10.7. The molecule has 31 heavy (non-hydrogen) atoms. The zero-order valence-corrected chi connectivity index (χ0v) is 18.2. The summed E-state index contributed by atoms with van der Waals surface area (Å²) in [5.74, 6) is -0.102. The molecule has 0 saturated heterocycles. The molecular formula is C25H29N3O3. The Morgan fingerprint density at radius 1 is 1.06 bits per heavy atom. The van der Waals surface area contributed by atoms with Crippen molar-refractivity contribution in [1.29, 1.82) is 0 Å². The summed E-state index contributed by atoms with van der Waals surface area (Å²) in [4.78, 5) is 25.5. The predicted molar refractivity (Wildman–Crippen MR) is 122 cm³/mol. The average molecular weight is 420 g/mol. The van der Waals surface area contributed by atoms with Crippen LogP contribution in [0.4, 0.5) is 5.69 Å². The number of nitrogens with zero attached hydrogens (tertiary/aromatic N) is 3. The number of non-ortho nitro benzene ring substituents is 1. The van der Waals surface area contributed by atoms with Crippen LogP contribution >= 0.6 is 0 Å². The van der Waals surface area contributed by atoms with E-state index in [1.807, 2.05) is 23.2 Å². The van der Waals surface area contributed by atoms with Gasteiger partial charge in [0.2, 0.25) is 0 Å². The van der Waals surface area contributed by atoms with E-state index in [1.54, 1.807) is 12.1 Å². The first-order chi connectivity index (χ1) is 15.0. The van der Waals surface area contributed by atoms with Gasteiger partial charge in [0.25, 0.3) is 11.6 Å². The molecule has 0 N–H and O–H groups in total. The Morgan fingerprint density at radius 3 is 2.52 bits per heavy atom. The summed E-state index contributed by atoms with van der Waals surface area (Å²) < 4.78 is 2.17. The van der Waals surface area contributed by atoms with Gasteiger partial charge >= 0.3 is 0 Å². The minimum atomic E-state index is -0.453. The molecule has 0 aliphatic carbocycles. The van der Waals surface area contributed by atoms with Gasteiger partial charge in [-0.15, -0.1) is 0 Å². The number of hydrogen-bond donors (Lipinski definition) is 0. The Balaban J connectivity index is 1.79. The molecule has 0 fully saturated rings. The van der Waals surface area contributed by atoms with Crippen LogP contribution < -0.4 is 0 Å². The molecule has 6 nitrogen and oxygen atoms in total. The Kier molecular flexibility index (Phi) is 7.60. The lowest BCUT2D eigenvalue weighted by Gasteiger charge is -2.24. The molecule has 1 aromatic heterocycles. The second kappa shape index (κ2) is 10.6. The predicted octanol–water partition coefficient (Wildman–Crippen LogP) is 5.59. The molecule has 0 aliphatic heterocycles. The van der Waals surface area contributed by atoms with Crippen molar-refractivity contribution in [2.45, 2.75) is 46.2 Å². The molecule has 3 aromatic rings. The van der Waals surface area contributed by atoms with Crippen LogP contribution in [0.2, 0.25) is 0 Å². The van der Waals surface area contributed by atoms with E-state index < -0.39 is 4.92 Å². The fraction of sp³-hybridized carbons (Fsp3) is 0.320. The highest BCUT2D eigenvalue weighted by Gasteiger charge is 2.18. The van der Waals surface area contributed by atoms with Crippen molar-refractivity contribution in [3.8, 4) is 0 Å². The lowest BCUT2D eigenvalue weighted by molar-refractivity contribution is -0.384. The van der Waals surface area contributed by atoms with Gasteiger partial charge in [-0.3, -0.25) is 14.9 Å². The average Bonchev–Trinajstić information content (AvgIpc) is 3.19. The highest BCUT2D eigenvalue weighted by atomic mass is 16.6. The molecule has 3 rings (SSSR count). The zero-order chi connectivity index (χ0) is 22.2. The molecule has 0 spiro atoms. The lowest BCUT2D eigenvalue weighted by atomic mass is 10.1. The smallest absolute Gasteiger partial charge is 0.269 e. The van der Waals surface area contributed by atoms with Gasteiger partial charge in [-0.05, 0) is 43.2 Å². The minimum Gasteiger partial charge on any atom is -0.345 e. The number of nitro benzene ring substituents is 1. The third-order valence-corrected chi connectivity index (χ3v) is 5.36. The highest BCUT2D eigenvalue weighted by Crippen LogP contribution is 2.17. The van der Waals surface area contributed by atoms with E-state index in [2.05, 4.69) is 42.7 Å². The maximum atomic E-state index is 13.2. The summed E-state index contributed by atoms with van der Waals surface area (Å²) in [6, 6.07) is 18.3. The molecule has 0 aliphatic rings. The summed E-state index contributed by atoms with van der Waals surface area (Å²) in [7, 11) is 0. The number of carbonyl (C=O) groups excluding carboxylic acids is 1. The van der Waals surface area contributed by atoms with E-state index in [1.165, 1.54) is 23.3 Å². The van der Waals surface area contributed by atoms with E-state index in [9.17, 15) is 14.9 Å². The monoisotopic (exact) mass is 419 g/mol. The standard InChI is InChI=1S/C25H29N3O3/c1-3-4-5-15-27(25(29)22-11-13-23(14-12-22)28(30)31)19-24-10-7-16-26(24)18-21-9-6-8-20(2)17-21/h6-14,16-17H,3-5,15,18-19H2,1-2H3. The normalized spacial score (nSPS) is 10.8. The number of nitro groups is 1.